The van der Waals surface area contributed by atoms with E-state index in [1.807, 2.05) is 0 Å². The first-order chi connectivity index (χ1) is 7.33. The molecule has 0 aliphatic carbocycles. The smallest absolute Gasteiger partial charge is 0.0230 e. The van der Waals surface area contributed by atoms with Gasteiger partial charge in [-0.25, -0.2) is 0 Å². The lowest BCUT2D eigenvalue weighted by Crippen LogP contribution is -2.18. The van der Waals surface area contributed by atoms with Gasteiger partial charge in [-0.15, -0.1) is 0 Å². The molecule has 0 spiro atoms. The van der Waals surface area contributed by atoms with Crippen LogP contribution in [0.15, 0.2) is 30.3 Å². The van der Waals surface area contributed by atoms with Crippen LogP contribution < -0.4 is 0 Å². The molecule has 1 rings (SSSR count). The van der Waals surface area contributed by atoms with Crippen molar-refractivity contribution in [2.45, 2.75) is 39.2 Å². The summed E-state index contributed by atoms with van der Waals surface area (Å²) in [6.45, 7) is 4.55. The van der Waals surface area contributed by atoms with Crippen LogP contribution in [0.3, 0.4) is 0 Å². The van der Waals surface area contributed by atoms with E-state index in [1.54, 1.807) is 0 Å². The van der Waals surface area contributed by atoms with Gasteiger partial charge in [0, 0.05) is 6.54 Å². The number of hydrogen-bond acceptors (Lipinski definition) is 1. The van der Waals surface area contributed by atoms with Crippen LogP contribution in [0.4, 0.5) is 0 Å². The zero-order chi connectivity index (χ0) is 10.9. The summed E-state index contributed by atoms with van der Waals surface area (Å²) < 4.78 is 0. The molecule has 1 heteroatoms. The maximum atomic E-state index is 2.41. The number of hydrogen-bond donors (Lipinski definition) is 0. The fourth-order valence-corrected chi connectivity index (χ4v) is 1.78. The van der Waals surface area contributed by atoms with Crippen molar-refractivity contribution in [2.75, 3.05) is 13.6 Å². The second kappa shape index (κ2) is 7.47. The van der Waals surface area contributed by atoms with Gasteiger partial charge in [0.1, 0.15) is 0 Å². The van der Waals surface area contributed by atoms with Crippen molar-refractivity contribution in [3.05, 3.63) is 35.9 Å². The van der Waals surface area contributed by atoms with Gasteiger partial charge in [-0.3, -0.25) is 0 Å². The number of benzene rings is 1. The lowest BCUT2D eigenvalue weighted by atomic mass is 10.2. The molecule has 0 aromatic heterocycles. The van der Waals surface area contributed by atoms with Crippen LogP contribution in [0.2, 0.25) is 0 Å². The van der Waals surface area contributed by atoms with E-state index in [9.17, 15) is 0 Å². The molecule has 0 N–H and O–H groups in total. The van der Waals surface area contributed by atoms with Crippen LogP contribution >= 0.6 is 0 Å². The Hall–Kier alpha value is -0.820. The zero-order valence-corrected chi connectivity index (χ0v) is 10.1. The van der Waals surface area contributed by atoms with E-state index < -0.39 is 0 Å². The van der Waals surface area contributed by atoms with Crippen molar-refractivity contribution >= 4 is 0 Å². The third-order valence-electron chi connectivity index (χ3n) is 2.69. The first-order valence-electron chi connectivity index (χ1n) is 6.05. The third kappa shape index (κ3) is 5.58. The Morgan fingerprint density at radius 2 is 1.73 bits per heavy atom. The summed E-state index contributed by atoms with van der Waals surface area (Å²) in [5, 5.41) is 0. The standard InChI is InChI=1S/C14H23N/c1-3-4-5-9-12-15(2)13-14-10-7-6-8-11-14/h6-8,10-11H,3-5,9,12-13H2,1-2H3. The van der Waals surface area contributed by atoms with Crippen molar-refractivity contribution in [3.63, 3.8) is 0 Å². The first-order valence-corrected chi connectivity index (χ1v) is 6.05. The Balaban J connectivity index is 2.16. The summed E-state index contributed by atoms with van der Waals surface area (Å²) in [4.78, 5) is 2.41. The Kier molecular flexibility index (Phi) is 6.10. The van der Waals surface area contributed by atoms with Gasteiger partial charge in [-0.1, -0.05) is 56.5 Å². The average molecular weight is 205 g/mol. The van der Waals surface area contributed by atoms with Gasteiger partial charge in [0.25, 0.3) is 0 Å². The van der Waals surface area contributed by atoms with Gasteiger partial charge >= 0.3 is 0 Å². The molecule has 1 nitrogen and oxygen atoms in total. The van der Waals surface area contributed by atoms with Crippen LogP contribution in [-0.2, 0) is 6.54 Å². The number of rotatable bonds is 7. The predicted octanol–water partition coefficient (Wildman–Crippen LogP) is 3.70. The summed E-state index contributed by atoms with van der Waals surface area (Å²) in [7, 11) is 2.21. The topological polar surface area (TPSA) is 3.24 Å². The van der Waals surface area contributed by atoms with E-state index in [1.165, 1.54) is 37.8 Å². The van der Waals surface area contributed by atoms with Crippen LogP contribution in [0.25, 0.3) is 0 Å². The zero-order valence-electron chi connectivity index (χ0n) is 10.1. The van der Waals surface area contributed by atoms with Crippen LogP contribution in [0.5, 0.6) is 0 Å². The SMILES string of the molecule is CCCCCCN(C)Cc1ccccc1. The van der Waals surface area contributed by atoms with Gasteiger partial charge in [-0.2, -0.15) is 0 Å². The minimum Gasteiger partial charge on any atom is -0.302 e. The van der Waals surface area contributed by atoms with Crippen LogP contribution in [0, 0.1) is 0 Å². The van der Waals surface area contributed by atoms with Gasteiger partial charge in [0.15, 0.2) is 0 Å². The third-order valence-corrected chi connectivity index (χ3v) is 2.69. The van der Waals surface area contributed by atoms with Crippen molar-refractivity contribution < 1.29 is 0 Å². The van der Waals surface area contributed by atoms with Gasteiger partial charge in [0.05, 0.1) is 0 Å². The van der Waals surface area contributed by atoms with E-state index in [0.29, 0.717) is 0 Å². The Morgan fingerprint density at radius 3 is 2.40 bits per heavy atom. The highest BCUT2D eigenvalue weighted by molar-refractivity contribution is 5.14. The largest absolute Gasteiger partial charge is 0.302 e. The van der Waals surface area contributed by atoms with Crippen LogP contribution in [-0.4, -0.2) is 18.5 Å². The fraction of sp³-hybridized carbons (Fsp3) is 0.571. The second-order valence-corrected chi connectivity index (χ2v) is 4.28. The normalized spacial score (nSPS) is 10.9. The molecular weight excluding hydrogens is 182 g/mol. The molecule has 0 amide bonds. The minimum absolute atomic E-state index is 1.08. The highest BCUT2D eigenvalue weighted by Gasteiger charge is 1.98. The van der Waals surface area contributed by atoms with Gasteiger partial charge < -0.3 is 4.90 Å². The molecule has 1 aromatic rings. The molecule has 0 saturated heterocycles. The lowest BCUT2D eigenvalue weighted by molar-refractivity contribution is 0.317. The quantitative estimate of drug-likeness (QED) is 0.613. The highest BCUT2D eigenvalue weighted by atomic mass is 15.1. The lowest BCUT2D eigenvalue weighted by Gasteiger charge is -2.16. The molecule has 0 aliphatic heterocycles. The second-order valence-electron chi connectivity index (χ2n) is 4.28. The van der Waals surface area contributed by atoms with E-state index >= 15 is 0 Å². The molecule has 0 bridgehead atoms. The summed E-state index contributed by atoms with van der Waals surface area (Å²) in [5.74, 6) is 0. The maximum Gasteiger partial charge on any atom is 0.0230 e. The summed E-state index contributed by atoms with van der Waals surface area (Å²) in [6, 6.07) is 10.7. The van der Waals surface area contributed by atoms with Crippen molar-refractivity contribution in [1.82, 2.24) is 4.90 Å². The molecule has 1 aromatic carbocycles. The molecule has 0 atom stereocenters. The average Bonchev–Trinajstić information content (AvgIpc) is 2.26. The Bertz CT molecular complexity index is 243. The molecule has 15 heavy (non-hydrogen) atoms. The molecule has 0 saturated carbocycles. The first kappa shape index (κ1) is 12.3. The highest BCUT2D eigenvalue weighted by Crippen LogP contribution is 2.05. The van der Waals surface area contributed by atoms with E-state index in [2.05, 4.69) is 49.2 Å². The van der Waals surface area contributed by atoms with E-state index in [0.717, 1.165) is 6.54 Å². The monoisotopic (exact) mass is 205 g/mol. The minimum atomic E-state index is 1.08. The molecule has 84 valence electrons. The van der Waals surface area contributed by atoms with Crippen molar-refractivity contribution in [3.8, 4) is 0 Å². The van der Waals surface area contributed by atoms with E-state index in [4.69, 9.17) is 0 Å². The predicted molar refractivity (Wildman–Crippen MR) is 66.9 cm³/mol. The van der Waals surface area contributed by atoms with Crippen LogP contribution in [0.1, 0.15) is 38.2 Å². The molecule has 0 radical (unpaired) electrons. The van der Waals surface area contributed by atoms with Gasteiger partial charge in [-0.05, 0) is 25.6 Å². The molecule has 0 unspecified atom stereocenters. The van der Waals surface area contributed by atoms with Gasteiger partial charge in [0.2, 0.25) is 0 Å². The van der Waals surface area contributed by atoms with E-state index in [-0.39, 0.29) is 0 Å². The maximum absolute atomic E-state index is 2.41. The van der Waals surface area contributed by atoms with Crippen molar-refractivity contribution in [2.24, 2.45) is 0 Å². The number of unbranched alkanes of at least 4 members (excludes halogenated alkanes) is 3. The summed E-state index contributed by atoms with van der Waals surface area (Å²) >= 11 is 0. The molecular formula is C14H23N. The summed E-state index contributed by atoms with van der Waals surface area (Å²) in [6.07, 6.45) is 5.40. The number of nitrogens with zero attached hydrogens (tertiary/aromatic N) is 1. The Morgan fingerprint density at radius 1 is 1.00 bits per heavy atom. The fourth-order valence-electron chi connectivity index (χ4n) is 1.78. The van der Waals surface area contributed by atoms with Crippen molar-refractivity contribution in [1.29, 1.82) is 0 Å². The molecule has 0 aliphatic rings. The summed E-state index contributed by atoms with van der Waals surface area (Å²) in [5.41, 5.74) is 1.41. The Labute approximate surface area is 94.1 Å². The molecule has 0 heterocycles. The molecule has 0 fully saturated rings.